The van der Waals surface area contributed by atoms with Crippen LogP contribution in [0.4, 0.5) is 0 Å². The summed E-state index contributed by atoms with van der Waals surface area (Å²) in [5.74, 6) is 1.01. The maximum absolute atomic E-state index is 12.4. The van der Waals surface area contributed by atoms with Crippen molar-refractivity contribution in [2.45, 2.75) is 39.8 Å². The minimum absolute atomic E-state index is 0.0619. The second kappa shape index (κ2) is 10.2. The number of thiazole rings is 1. The van der Waals surface area contributed by atoms with Crippen LogP contribution >= 0.6 is 11.3 Å². The van der Waals surface area contributed by atoms with Gasteiger partial charge in [-0.15, -0.1) is 11.3 Å². The summed E-state index contributed by atoms with van der Waals surface area (Å²) in [6.07, 6.45) is 0.819. The van der Waals surface area contributed by atoms with Crippen LogP contribution in [0, 0.1) is 5.92 Å². The number of hydrogen-bond donors (Lipinski definition) is 1. The van der Waals surface area contributed by atoms with Crippen LogP contribution in [0.5, 0.6) is 5.75 Å². The quantitative estimate of drug-likeness (QED) is 0.556. The molecule has 172 valence electrons. The number of fused-ring (bicyclic) bond motifs is 1. The third-order valence-corrected chi connectivity index (χ3v) is 6.51. The van der Waals surface area contributed by atoms with E-state index in [2.05, 4.69) is 42.3 Å². The molecule has 1 atom stereocenters. The smallest absolute Gasteiger partial charge is 0.270 e. The zero-order valence-corrected chi connectivity index (χ0v) is 20.0. The second-order valence-corrected chi connectivity index (χ2v) is 9.60. The van der Waals surface area contributed by atoms with Crippen LogP contribution in [0.15, 0.2) is 53.9 Å². The lowest BCUT2D eigenvalue weighted by atomic mass is 9.88. The molecule has 0 radical (unpaired) electrons. The van der Waals surface area contributed by atoms with E-state index in [9.17, 15) is 9.59 Å². The Morgan fingerprint density at radius 2 is 2.00 bits per heavy atom. The molecule has 1 aliphatic heterocycles. The van der Waals surface area contributed by atoms with Crippen molar-refractivity contribution in [3.63, 3.8) is 0 Å². The lowest BCUT2D eigenvalue weighted by molar-refractivity contribution is -0.130. The standard InChI is InChI=1S/C26H29N3O3S/c1-17(2)14-27-26(31)23-16-33-24(28-23)15-32-21-10-9-19-11-12-29(18(3)30)25(22(19)13-21)20-7-5-4-6-8-20/h4-10,13,16-17,25H,11-12,14-15H2,1-3H3,(H,27,31). The largest absolute Gasteiger partial charge is 0.486 e. The van der Waals surface area contributed by atoms with Gasteiger partial charge < -0.3 is 15.0 Å². The molecule has 2 amide bonds. The van der Waals surface area contributed by atoms with E-state index < -0.39 is 0 Å². The van der Waals surface area contributed by atoms with Gasteiger partial charge in [0.15, 0.2) is 0 Å². The average Bonchev–Trinajstić information content (AvgIpc) is 3.30. The summed E-state index contributed by atoms with van der Waals surface area (Å²) in [5.41, 5.74) is 3.83. The van der Waals surface area contributed by atoms with Crippen LogP contribution in [0.2, 0.25) is 0 Å². The van der Waals surface area contributed by atoms with Gasteiger partial charge in [0.2, 0.25) is 5.91 Å². The molecule has 1 unspecified atom stereocenters. The number of carbonyl (C=O) groups excluding carboxylic acids is 2. The van der Waals surface area contributed by atoms with Gasteiger partial charge in [0.25, 0.3) is 5.91 Å². The van der Waals surface area contributed by atoms with E-state index in [-0.39, 0.29) is 24.5 Å². The number of ether oxygens (including phenoxy) is 1. The molecule has 2 aromatic carbocycles. The maximum atomic E-state index is 12.4. The minimum Gasteiger partial charge on any atom is -0.486 e. The van der Waals surface area contributed by atoms with Gasteiger partial charge >= 0.3 is 0 Å². The molecule has 0 spiro atoms. The number of rotatable bonds is 7. The fourth-order valence-corrected chi connectivity index (χ4v) is 4.72. The Morgan fingerprint density at radius 1 is 1.21 bits per heavy atom. The van der Waals surface area contributed by atoms with Crippen LogP contribution < -0.4 is 10.1 Å². The first-order valence-corrected chi connectivity index (χ1v) is 12.1. The highest BCUT2D eigenvalue weighted by Crippen LogP contribution is 2.37. The number of nitrogens with zero attached hydrogens (tertiary/aromatic N) is 2. The number of nitrogens with one attached hydrogen (secondary N) is 1. The monoisotopic (exact) mass is 463 g/mol. The van der Waals surface area contributed by atoms with Crippen molar-refractivity contribution >= 4 is 23.2 Å². The lowest BCUT2D eigenvalue weighted by Gasteiger charge is -2.37. The van der Waals surface area contributed by atoms with E-state index in [0.29, 0.717) is 24.7 Å². The second-order valence-electron chi connectivity index (χ2n) is 8.66. The van der Waals surface area contributed by atoms with Gasteiger partial charge in [-0.3, -0.25) is 9.59 Å². The normalized spacial score (nSPS) is 15.3. The van der Waals surface area contributed by atoms with Gasteiger partial charge in [-0.25, -0.2) is 4.98 Å². The topological polar surface area (TPSA) is 71.5 Å². The molecule has 3 aromatic rings. The highest BCUT2D eigenvalue weighted by molar-refractivity contribution is 7.09. The van der Waals surface area contributed by atoms with Crippen molar-refractivity contribution < 1.29 is 14.3 Å². The molecule has 0 saturated carbocycles. The Hall–Kier alpha value is -3.19. The van der Waals surface area contributed by atoms with Gasteiger partial charge in [-0.2, -0.15) is 0 Å². The van der Waals surface area contributed by atoms with Crippen LogP contribution in [-0.2, 0) is 17.8 Å². The summed E-state index contributed by atoms with van der Waals surface area (Å²) < 4.78 is 6.04. The van der Waals surface area contributed by atoms with E-state index in [0.717, 1.165) is 28.3 Å². The lowest BCUT2D eigenvalue weighted by Crippen LogP contribution is -2.39. The molecule has 7 heteroatoms. The van der Waals surface area contributed by atoms with Crippen molar-refractivity contribution in [1.82, 2.24) is 15.2 Å². The highest BCUT2D eigenvalue weighted by Gasteiger charge is 2.30. The predicted molar refractivity (Wildman–Crippen MR) is 129 cm³/mol. The van der Waals surface area contributed by atoms with Gasteiger partial charge in [0.1, 0.15) is 23.1 Å². The van der Waals surface area contributed by atoms with E-state index >= 15 is 0 Å². The average molecular weight is 464 g/mol. The van der Waals surface area contributed by atoms with Gasteiger partial charge in [0.05, 0.1) is 6.04 Å². The summed E-state index contributed by atoms with van der Waals surface area (Å²) in [6.45, 7) is 7.33. The minimum atomic E-state index is -0.157. The molecule has 0 aliphatic carbocycles. The third kappa shape index (κ3) is 5.42. The molecule has 1 aromatic heterocycles. The van der Waals surface area contributed by atoms with Crippen molar-refractivity contribution in [2.24, 2.45) is 5.92 Å². The molecule has 4 rings (SSSR count). The van der Waals surface area contributed by atoms with E-state index in [1.54, 1.807) is 12.3 Å². The highest BCUT2D eigenvalue weighted by atomic mass is 32.1. The zero-order chi connectivity index (χ0) is 23.4. The fourth-order valence-electron chi connectivity index (χ4n) is 4.03. The molecule has 1 aliphatic rings. The molecule has 0 fully saturated rings. The predicted octanol–water partition coefficient (Wildman–Crippen LogP) is 4.60. The number of benzene rings is 2. The summed E-state index contributed by atoms with van der Waals surface area (Å²) in [7, 11) is 0. The van der Waals surface area contributed by atoms with Gasteiger partial charge in [-0.05, 0) is 41.2 Å². The Kier molecular flexibility index (Phi) is 7.08. The van der Waals surface area contributed by atoms with Crippen molar-refractivity contribution in [1.29, 1.82) is 0 Å². The summed E-state index contributed by atoms with van der Waals surface area (Å²) >= 11 is 1.41. The van der Waals surface area contributed by atoms with Gasteiger partial charge in [0, 0.05) is 25.4 Å². The molecule has 2 heterocycles. The number of aromatic nitrogens is 1. The first-order valence-electron chi connectivity index (χ1n) is 11.2. The van der Waals surface area contributed by atoms with E-state index in [1.807, 2.05) is 35.2 Å². The molecule has 1 N–H and O–H groups in total. The first-order chi connectivity index (χ1) is 15.9. The van der Waals surface area contributed by atoms with Crippen LogP contribution in [0.25, 0.3) is 0 Å². The molecule has 33 heavy (non-hydrogen) atoms. The Labute approximate surface area is 198 Å². The molecule has 0 bridgehead atoms. The Morgan fingerprint density at radius 3 is 2.73 bits per heavy atom. The number of carbonyl (C=O) groups is 2. The number of amides is 2. The Balaban J connectivity index is 1.51. The van der Waals surface area contributed by atoms with Crippen LogP contribution in [-0.4, -0.2) is 34.8 Å². The van der Waals surface area contributed by atoms with Crippen molar-refractivity contribution in [2.75, 3.05) is 13.1 Å². The van der Waals surface area contributed by atoms with Crippen LogP contribution in [0.3, 0.4) is 0 Å². The third-order valence-electron chi connectivity index (χ3n) is 5.68. The van der Waals surface area contributed by atoms with Crippen molar-refractivity contribution in [3.8, 4) is 5.75 Å². The summed E-state index contributed by atoms with van der Waals surface area (Å²) in [6, 6.07) is 16.1. The van der Waals surface area contributed by atoms with Gasteiger partial charge in [-0.1, -0.05) is 50.2 Å². The van der Waals surface area contributed by atoms with E-state index in [4.69, 9.17) is 4.74 Å². The summed E-state index contributed by atoms with van der Waals surface area (Å²) in [4.78, 5) is 30.9. The Bertz CT molecular complexity index is 1130. The first kappa shape index (κ1) is 23.0. The molecular formula is C26H29N3O3S. The van der Waals surface area contributed by atoms with Crippen molar-refractivity contribution in [3.05, 3.63) is 81.3 Å². The SMILES string of the molecule is CC(=O)N1CCc2ccc(OCc3nc(C(=O)NCC(C)C)cs3)cc2C1c1ccccc1. The number of hydrogen-bond acceptors (Lipinski definition) is 5. The molecule has 6 nitrogen and oxygen atoms in total. The fraction of sp³-hybridized carbons (Fsp3) is 0.346. The van der Waals surface area contributed by atoms with Crippen LogP contribution in [0.1, 0.15) is 59.0 Å². The zero-order valence-electron chi connectivity index (χ0n) is 19.2. The maximum Gasteiger partial charge on any atom is 0.270 e. The molecular weight excluding hydrogens is 434 g/mol. The molecule has 0 saturated heterocycles. The summed E-state index contributed by atoms with van der Waals surface area (Å²) in [5, 5.41) is 5.39. The van der Waals surface area contributed by atoms with E-state index in [1.165, 1.54) is 16.9 Å².